The van der Waals surface area contributed by atoms with Crippen molar-refractivity contribution in [2.75, 3.05) is 5.32 Å². The zero-order valence-corrected chi connectivity index (χ0v) is 17.5. The molecule has 0 aliphatic heterocycles. The monoisotopic (exact) mass is 469 g/mol. The van der Waals surface area contributed by atoms with E-state index in [4.69, 9.17) is 11.6 Å². The van der Waals surface area contributed by atoms with Gasteiger partial charge in [-0.1, -0.05) is 11.6 Å². The van der Waals surface area contributed by atoms with Gasteiger partial charge in [0.15, 0.2) is 11.9 Å². The molecule has 0 bridgehead atoms. The fourth-order valence-corrected chi connectivity index (χ4v) is 3.72. The summed E-state index contributed by atoms with van der Waals surface area (Å²) in [5.41, 5.74) is 1.92. The molecule has 0 aliphatic carbocycles. The largest absolute Gasteiger partial charge is 0.619 e. The molecule has 6 nitrogen and oxygen atoms in total. The molecule has 2 aromatic heterocycles. The van der Waals surface area contributed by atoms with E-state index in [1.807, 2.05) is 0 Å². The first kappa shape index (κ1) is 22.7. The van der Waals surface area contributed by atoms with Crippen molar-refractivity contribution in [3.8, 4) is 5.75 Å². The summed E-state index contributed by atoms with van der Waals surface area (Å²) in [4.78, 5) is 16.9. The number of aromatic nitrogens is 2. The molecule has 11 heteroatoms. The van der Waals surface area contributed by atoms with Gasteiger partial charge in [-0.15, -0.1) is 24.9 Å². The number of anilines is 1. The minimum Gasteiger partial charge on any atom is -0.619 e. The van der Waals surface area contributed by atoms with Crippen LogP contribution in [0.25, 0.3) is 0 Å². The summed E-state index contributed by atoms with van der Waals surface area (Å²) in [6, 6.07) is 10.0. The van der Waals surface area contributed by atoms with Crippen LogP contribution in [0.3, 0.4) is 0 Å². The third-order valence-electron chi connectivity index (χ3n) is 3.97. The van der Waals surface area contributed by atoms with Crippen molar-refractivity contribution in [2.24, 2.45) is 0 Å². The summed E-state index contributed by atoms with van der Waals surface area (Å²) in [6.07, 6.45) is -1.92. The van der Waals surface area contributed by atoms with E-state index in [1.165, 1.54) is 24.0 Å². The van der Waals surface area contributed by atoms with E-state index in [1.54, 1.807) is 37.4 Å². The molecular weight excluding hydrogens is 455 g/mol. The molecular formula is C20H15ClF3N3O3S. The number of aryl methyl sites for hydroxylation is 1. The minimum atomic E-state index is -4.87. The van der Waals surface area contributed by atoms with Gasteiger partial charge < -0.3 is 15.3 Å². The summed E-state index contributed by atoms with van der Waals surface area (Å²) < 4.78 is 41.6. The zero-order chi connectivity index (χ0) is 22.6. The van der Waals surface area contributed by atoms with E-state index < -0.39 is 18.0 Å². The first-order valence-electron chi connectivity index (χ1n) is 8.75. The molecule has 0 aliphatic rings. The van der Waals surface area contributed by atoms with Crippen molar-refractivity contribution in [1.29, 1.82) is 0 Å². The number of halogens is 4. The number of ether oxygens (including phenoxy) is 1. The summed E-state index contributed by atoms with van der Waals surface area (Å²) in [6.45, 7) is 1.69. The van der Waals surface area contributed by atoms with Crippen LogP contribution >= 0.6 is 23.4 Å². The van der Waals surface area contributed by atoms with Crippen LogP contribution in [0, 0.1) is 12.1 Å². The van der Waals surface area contributed by atoms with Crippen molar-refractivity contribution in [1.82, 2.24) is 4.98 Å². The van der Waals surface area contributed by atoms with Gasteiger partial charge in [0.2, 0.25) is 0 Å². The normalized spacial score (nSPS) is 11.3. The second kappa shape index (κ2) is 9.44. The smallest absolute Gasteiger partial charge is 0.573 e. The van der Waals surface area contributed by atoms with Gasteiger partial charge in [-0.2, -0.15) is 4.73 Å². The highest BCUT2D eigenvalue weighted by atomic mass is 35.5. The van der Waals surface area contributed by atoms with Gasteiger partial charge in [0.25, 0.3) is 5.91 Å². The maximum Gasteiger partial charge on any atom is 0.573 e. The Balaban J connectivity index is 1.72. The molecule has 0 unspecified atom stereocenters. The number of carbonyl (C=O) groups is 1. The summed E-state index contributed by atoms with van der Waals surface area (Å²) in [7, 11) is 0. The standard InChI is InChI=1S/C20H15ClF3N3O3S/c1-12-9-13(6-8-27(12)29)11-31-19-15(3-2-7-25-19)18(28)26-14-4-5-17(16(21)10-14)30-20(22,23)24/h2-10H,11H2,1H3,(H,26,28). The van der Waals surface area contributed by atoms with Crippen LogP contribution in [0.1, 0.15) is 21.6 Å². The molecule has 0 atom stereocenters. The van der Waals surface area contributed by atoms with Gasteiger partial charge in [0.1, 0.15) is 10.8 Å². The Labute approximate surface area is 184 Å². The van der Waals surface area contributed by atoms with Gasteiger partial charge in [-0.25, -0.2) is 4.98 Å². The minimum absolute atomic E-state index is 0.197. The van der Waals surface area contributed by atoms with Crippen LogP contribution in [0.4, 0.5) is 18.9 Å². The third-order valence-corrected chi connectivity index (χ3v) is 5.34. The zero-order valence-electron chi connectivity index (χ0n) is 15.9. The van der Waals surface area contributed by atoms with Crippen molar-refractivity contribution in [2.45, 2.75) is 24.1 Å². The lowest BCUT2D eigenvalue weighted by molar-refractivity contribution is -0.612. The van der Waals surface area contributed by atoms with E-state index in [-0.39, 0.29) is 16.3 Å². The quantitative estimate of drug-likeness (QED) is 0.308. The van der Waals surface area contributed by atoms with Gasteiger partial charge in [0, 0.05) is 36.7 Å². The second-order valence-electron chi connectivity index (χ2n) is 6.29. The van der Waals surface area contributed by atoms with Crippen molar-refractivity contribution < 1.29 is 27.4 Å². The fraction of sp³-hybridized carbons (Fsp3) is 0.150. The van der Waals surface area contributed by atoms with Crippen molar-refractivity contribution in [3.63, 3.8) is 0 Å². The molecule has 0 saturated carbocycles. The molecule has 0 fully saturated rings. The molecule has 2 heterocycles. The van der Waals surface area contributed by atoms with E-state index in [2.05, 4.69) is 15.0 Å². The highest BCUT2D eigenvalue weighted by Crippen LogP contribution is 2.32. The number of pyridine rings is 2. The average Bonchev–Trinajstić information content (AvgIpc) is 2.70. The molecule has 3 aromatic rings. The van der Waals surface area contributed by atoms with Crippen LogP contribution in [-0.4, -0.2) is 17.3 Å². The lowest BCUT2D eigenvalue weighted by Gasteiger charge is -2.12. The molecule has 162 valence electrons. The Hall–Kier alpha value is -2.98. The van der Waals surface area contributed by atoms with Gasteiger partial charge >= 0.3 is 6.36 Å². The fourth-order valence-electron chi connectivity index (χ4n) is 2.57. The number of hydrogen-bond donors (Lipinski definition) is 1. The van der Waals surface area contributed by atoms with E-state index in [9.17, 15) is 23.2 Å². The number of hydrogen-bond acceptors (Lipinski definition) is 5. The number of amides is 1. The number of nitrogens with zero attached hydrogens (tertiary/aromatic N) is 2. The first-order valence-corrected chi connectivity index (χ1v) is 10.1. The van der Waals surface area contributed by atoms with Gasteiger partial charge in [-0.05, 0) is 35.9 Å². The average molecular weight is 470 g/mol. The Morgan fingerprint density at radius 3 is 2.74 bits per heavy atom. The van der Waals surface area contributed by atoms with E-state index in [0.717, 1.165) is 22.4 Å². The van der Waals surface area contributed by atoms with Gasteiger partial charge in [-0.3, -0.25) is 4.79 Å². The summed E-state index contributed by atoms with van der Waals surface area (Å²) >= 11 is 7.13. The van der Waals surface area contributed by atoms with Crippen LogP contribution in [-0.2, 0) is 5.75 Å². The highest BCUT2D eigenvalue weighted by Gasteiger charge is 2.32. The lowest BCUT2D eigenvalue weighted by Crippen LogP contribution is -2.29. The van der Waals surface area contributed by atoms with Crippen LogP contribution in [0.5, 0.6) is 5.75 Å². The summed E-state index contributed by atoms with van der Waals surface area (Å²) in [5, 5.41) is 14.2. The number of carbonyl (C=O) groups excluding carboxylic acids is 1. The number of rotatable bonds is 6. The van der Waals surface area contributed by atoms with E-state index >= 15 is 0 Å². The van der Waals surface area contributed by atoms with Crippen molar-refractivity contribution >= 4 is 35.0 Å². The Bertz CT molecular complexity index is 1110. The topological polar surface area (TPSA) is 78.2 Å². The maximum atomic E-state index is 12.7. The lowest BCUT2D eigenvalue weighted by atomic mass is 10.2. The van der Waals surface area contributed by atoms with Gasteiger partial charge in [0.05, 0.1) is 10.6 Å². The molecule has 3 rings (SSSR count). The second-order valence-corrected chi connectivity index (χ2v) is 7.67. The molecule has 31 heavy (non-hydrogen) atoms. The maximum absolute atomic E-state index is 12.7. The Morgan fingerprint density at radius 2 is 2.06 bits per heavy atom. The molecule has 0 spiro atoms. The van der Waals surface area contributed by atoms with Crippen LogP contribution < -0.4 is 14.8 Å². The Kier molecular flexibility index (Phi) is 6.91. The molecule has 1 amide bonds. The number of benzene rings is 1. The first-order chi connectivity index (χ1) is 14.6. The predicted molar refractivity (Wildman–Crippen MR) is 110 cm³/mol. The third kappa shape index (κ3) is 6.25. The molecule has 1 N–H and O–H groups in total. The Morgan fingerprint density at radius 1 is 1.29 bits per heavy atom. The van der Waals surface area contributed by atoms with Crippen molar-refractivity contribution in [3.05, 3.63) is 81.9 Å². The summed E-state index contributed by atoms with van der Waals surface area (Å²) in [5.74, 6) is -0.589. The SMILES string of the molecule is Cc1cc(CSc2ncccc2C(=O)Nc2ccc(OC(F)(F)F)c(Cl)c2)cc[n+]1[O-]. The molecule has 0 saturated heterocycles. The molecule has 1 aromatic carbocycles. The number of nitrogens with one attached hydrogen (secondary N) is 1. The highest BCUT2D eigenvalue weighted by molar-refractivity contribution is 7.98. The van der Waals surface area contributed by atoms with E-state index in [0.29, 0.717) is 16.5 Å². The van der Waals surface area contributed by atoms with Crippen LogP contribution in [0.2, 0.25) is 5.02 Å². The predicted octanol–water partition coefficient (Wildman–Crippen LogP) is 5.12. The number of alkyl halides is 3. The molecule has 0 radical (unpaired) electrons. The number of thioether (sulfide) groups is 1. The van der Waals surface area contributed by atoms with Crippen LogP contribution in [0.15, 0.2) is 59.9 Å².